The summed E-state index contributed by atoms with van der Waals surface area (Å²) in [7, 11) is 1.68. The van der Waals surface area contributed by atoms with Crippen LogP contribution >= 0.6 is 0 Å². The van der Waals surface area contributed by atoms with Gasteiger partial charge >= 0.3 is 11.9 Å². The van der Waals surface area contributed by atoms with E-state index < -0.39 is 11.9 Å². The zero-order valence-corrected chi connectivity index (χ0v) is 17.5. The van der Waals surface area contributed by atoms with Crippen molar-refractivity contribution in [1.82, 2.24) is 0 Å². The summed E-state index contributed by atoms with van der Waals surface area (Å²) in [5.41, 5.74) is 1.77. The second-order valence-corrected chi connectivity index (χ2v) is 9.40. The number of aromatic carboxylic acids is 1. The zero-order chi connectivity index (χ0) is 21.6. The highest BCUT2D eigenvalue weighted by atomic mass is 17.2. The molecular formula is C25H26O6. The van der Waals surface area contributed by atoms with Gasteiger partial charge in [0.05, 0.1) is 18.2 Å². The average Bonchev–Trinajstić information content (AvgIpc) is 2.76. The van der Waals surface area contributed by atoms with Crippen molar-refractivity contribution in [2.24, 2.45) is 17.8 Å². The first-order valence-corrected chi connectivity index (χ1v) is 10.9. The third-order valence-corrected chi connectivity index (χ3v) is 7.36. The summed E-state index contributed by atoms with van der Waals surface area (Å²) in [4.78, 5) is 33.8. The summed E-state index contributed by atoms with van der Waals surface area (Å²) in [6, 6.07) is 11.2. The highest BCUT2D eigenvalue weighted by Gasteiger charge is 2.52. The van der Waals surface area contributed by atoms with Crippen LogP contribution in [0, 0.1) is 17.8 Å². The molecule has 162 valence electrons. The summed E-state index contributed by atoms with van der Waals surface area (Å²) < 4.78 is 5.70. The first kappa shape index (κ1) is 19.9. The third-order valence-electron chi connectivity index (χ3n) is 7.36. The van der Waals surface area contributed by atoms with E-state index in [-0.39, 0.29) is 16.7 Å². The van der Waals surface area contributed by atoms with E-state index in [4.69, 9.17) is 19.6 Å². The van der Waals surface area contributed by atoms with E-state index in [2.05, 4.69) is 0 Å². The number of benzene rings is 2. The molecule has 0 atom stereocenters. The van der Waals surface area contributed by atoms with Crippen LogP contribution in [-0.4, -0.2) is 24.2 Å². The maximum absolute atomic E-state index is 12.7. The van der Waals surface area contributed by atoms with Gasteiger partial charge in [-0.25, -0.2) is 14.5 Å². The highest BCUT2D eigenvalue weighted by Crippen LogP contribution is 2.61. The summed E-state index contributed by atoms with van der Waals surface area (Å²) in [5.74, 6) is 1.82. The number of carbonyl (C=O) groups excluding carboxylic acids is 1. The second kappa shape index (κ2) is 7.59. The first-order valence-electron chi connectivity index (χ1n) is 10.9. The number of ether oxygens (including phenoxy) is 1. The normalized spacial score (nSPS) is 28.2. The Morgan fingerprint density at radius 1 is 0.903 bits per heavy atom. The number of carbonyl (C=O) groups is 2. The fraction of sp³-hybridized carbons (Fsp3) is 0.440. The van der Waals surface area contributed by atoms with Crippen LogP contribution in [0.25, 0.3) is 0 Å². The summed E-state index contributed by atoms with van der Waals surface area (Å²) >= 11 is 0. The van der Waals surface area contributed by atoms with Crippen molar-refractivity contribution in [3.8, 4) is 11.5 Å². The van der Waals surface area contributed by atoms with Crippen molar-refractivity contribution in [3.05, 3.63) is 59.2 Å². The summed E-state index contributed by atoms with van der Waals surface area (Å²) in [5, 5.41) is 8.96. The fourth-order valence-electron chi connectivity index (χ4n) is 6.48. The lowest BCUT2D eigenvalue weighted by atomic mass is 9.48. The highest BCUT2D eigenvalue weighted by molar-refractivity contribution is 5.90. The molecule has 2 aromatic carbocycles. The van der Waals surface area contributed by atoms with Gasteiger partial charge < -0.3 is 9.84 Å². The van der Waals surface area contributed by atoms with Crippen molar-refractivity contribution < 1.29 is 29.2 Å². The SMILES string of the molecule is COc1ccc(C(=O)OOc2ccc(C(=O)O)cc2)cc1C12CC3CC(CC(C3)C1)C2. The number of rotatable bonds is 6. The van der Waals surface area contributed by atoms with Crippen molar-refractivity contribution in [3.63, 3.8) is 0 Å². The van der Waals surface area contributed by atoms with Gasteiger partial charge in [0.25, 0.3) is 0 Å². The molecule has 0 heterocycles. The molecule has 1 N–H and O–H groups in total. The van der Waals surface area contributed by atoms with Gasteiger partial charge in [-0.05, 0) is 104 Å². The first-order chi connectivity index (χ1) is 15.0. The molecule has 0 aromatic heterocycles. The van der Waals surface area contributed by atoms with Gasteiger partial charge in [-0.15, -0.1) is 0 Å². The Morgan fingerprint density at radius 2 is 1.48 bits per heavy atom. The molecule has 0 spiro atoms. The van der Waals surface area contributed by atoms with Crippen LogP contribution in [0.4, 0.5) is 0 Å². The second-order valence-electron chi connectivity index (χ2n) is 9.40. The standard InChI is InChI=1S/C25H26O6/c1-29-22-7-4-19(24(28)31-30-20-5-2-18(3-6-20)23(26)27)11-21(22)25-12-15-8-16(13-25)10-17(9-15)14-25/h2-7,11,15-17H,8-10,12-14H2,1H3,(H,26,27). The van der Waals surface area contributed by atoms with Gasteiger partial charge in [-0.3, -0.25) is 4.89 Å². The largest absolute Gasteiger partial charge is 0.496 e. The van der Waals surface area contributed by atoms with Crippen LogP contribution in [0.15, 0.2) is 42.5 Å². The van der Waals surface area contributed by atoms with Crippen LogP contribution < -0.4 is 9.62 Å². The Balaban J connectivity index is 1.36. The van der Waals surface area contributed by atoms with Gasteiger partial charge in [0.15, 0.2) is 5.75 Å². The Morgan fingerprint density at radius 3 is 2.03 bits per heavy atom. The predicted octanol–water partition coefficient (Wildman–Crippen LogP) is 5.01. The molecule has 2 aromatic rings. The van der Waals surface area contributed by atoms with E-state index in [0.717, 1.165) is 29.1 Å². The van der Waals surface area contributed by atoms with Crippen LogP contribution in [0.1, 0.15) is 64.8 Å². The number of hydrogen-bond donors (Lipinski definition) is 1. The lowest BCUT2D eigenvalue weighted by molar-refractivity contribution is -0.149. The smallest absolute Gasteiger partial charge is 0.386 e. The van der Waals surface area contributed by atoms with Crippen molar-refractivity contribution in [2.45, 2.75) is 43.9 Å². The van der Waals surface area contributed by atoms with Gasteiger partial charge in [0.1, 0.15) is 5.75 Å². The fourth-order valence-corrected chi connectivity index (χ4v) is 6.48. The molecule has 6 nitrogen and oxygen atoms in total. The summed E-state index contributed by atoms with van der Waals surface area (Å²) in [6.45, 7) is 0. The molecule has 0 amide bonds. The van der Waals surface area contributed by atoms with Crippen LogP contribution in [0.3, 0.4) is 0 Å². The Kier molecular flexibility index (Phi) is 4.88. The molecule has 4 bridgehead atoms. The molecule has 0 saturated heterocycles. The molecule has 6 heteroatoms. The van der Waals surface area contributed by atoms with Crippen LogP contribution in [0.5, 0.6) is 11.5 Å². The Hall–Kier alpha value is -3.02. The monoisotopic (exact) mass is 422 g/mol. The third kappa shape index (κ3) is 3.64. The van der Waals surface area contributed by atoms with E-state index in [0.29, 0.717) is 5.56 Å². The van der Waals surface area contributed by atoms with Crippen molar-refractivity contribution in [2.75, 3.05) is 7.11 Å². The molecule has 0 unspecified atom stereocenters. The van der Waals surface area contributed by atoms with Gasteiger partial charge in [0, 0.05) is 5.56 Å². The molecule has 0 aliphatic heterocycles. The Bertz CT molecular complexity index is 974. The molecule has 4 aliphatic rings. The van der Waals surface area contributed by atoms with Crippen LogP contribution in [-0.2, 0) is 10.3 Å². The topological polar surface area (TPSA) is 82.1 Å². The van der Waals surface area contributed by atoms with Gasteiger partial charge in [-0.1, -0.05) is 0 Å². The van der Waals surface area contributed by atoms with E-state index in [1.165, 1.54) is 62.8 Å². The lowest BCUT2D eigenvalue weighted by Crippen LogP contribution is -2.48. The zero-order valence-electron chi connectivity index (χ0n) is 17.5. The van der Waals surface area contributed by atoms with E-state index >= 15 is 0 Å². The van der Waals surface area contributed by atoms with Crippen molar-refractivity contribution in [1.29, 1.82) is 0 Å². The molecule has 4 fully saturated rings. The minimum absolute atomic E-state index is 0.0872. The molecular weight excluding hydrogens is 396 g/mol. The maximum atomic E-state index is 12.7. The maximum Gasteiger partial charge on any atom is 0.386 e. The van der Waals surface area contributed by atoms with E-state index in [1.807, 2.05) is 12.1 Å². The minimum atomic E-state index is -1.03. The predicted molar refractivity (Wildman–Crippen MR) is 112 cm³/mol. The van der Waals surface area contributed by atoms with Gasteiger partial charge in [-0.2, -0.15) is 0 Å². The molecule has 4 saturated carbocycles. The summed E-state index contributed by atoms with van der Waals surface area (Å²) in [6.07, 6.45) is 7.54. The Labute approximate surface area is 181 Å². The molecule has 4 aliphatic carbocycles. The number of carboxylic acids is 1. The average molecular weight is 422 g/mol. The van der Waals surface area contributed by atoms with Crippen LogP contribution in [0.2, 0.25) is 0 Å². The van der Waals surface area contributed by atoms with Crippen molar-refractivity contribution >= 4 is 11.9 Å². The quantitative estimate of drug-likeness (QED) is 0.520. The molecule has 31 heavy (non-hydrogen) atoms. The molecule has 6 rings (SSSR count). The molecule has 0 radical (unpaired) electrons. The van der Waals surface area contributed by atoms with E-state index in [9.17, 15) is 9.59 Å². The van der Waals surface area contributed by atoms with E-state index in [1.54, 1.807) is 13.2 Å². The lowest BCUT2D eigenvalue weighted by Gasteiger charge is -2.57. The number of methoxy groups -OCH3 is 1. The number of hydrogen-bond acceptors (Lipinski definition) is 5. The minimum Gasteiger partial charge on any atom is -0.496 e. The number of carboxylic acid groups (broad SMARTS) is 1. The van der Waals surface area contributed by atoms with Gasteiger partial charge in [0.2, 0.25) is 0 Å².